The van der Waals surface area contributed by atoms with Gasteiger partial charge in [-0.1, -0.05) is 43.3 Å². The molecule has 0 amide bonds. The first kappa shape index (κ1) is 16.3. The van der Waals surface area contributed by atoms with Crippen LogP contribution in [0.25, 0.3) is 6.08 Å². The smallest absolute Gasteiger partial charge is 0.202 e. The maximum absolute atomic E-state index is 8.74. The molecule has 0 aromatic heterocycles. The SMILES string of the molecule is CCc1cccc(N(CC)C(=N)N(C)c2cccc3c2C=CC3)c1. The number of guanidine groups is 1. The Morgan fingerprint density at radius 3 is 2.67 bits per heavy atom. The largest absolute Gasteiger partial charge is 0.315 e. The Morgan fingerprint density at radius 1 is 1.12 bits per heavy atom. The Labute approximate surface area is 144 Å². The molecule has 3 rings (SSSR count). The summed E-state index contributed by atoms with van der Waals surface area (Å²) < 4.78 is 0. The molecule has 3 heteroatoms. The molecule has 0 heterocycles. The van der Waals surface area contributed by atoms with E-state index in [0.717, 1.165) is 30.8 Å². The standard InChI is InChI=1S/C21H25N3/c1-4-16-9-6-12-18(15-16)24(5-2)21(22)23(3)20-14-8-11-17-10-7-13-19(17)20/h6-9,11-15,22H,4-5,10H2,1-3H3. The van der Waals surface area contributed by atoms with Gasteiger partial charge in [-0.2, -0.15) is 0 Å². The number of fused-ring (bicyclic) bond motifs is 1. The number of aryl methyl sites for hydroxylation is 1. The summed E-state index contributed by atoms with van der Waals surface area (Å²) in [7, 11) is 1.98. The van der Waals surface area contributed by atoms with Crippen LogP contribution >= 0.6 is 0 Å². The molecule has 0 unspecified atom stereocenters. The van der Waals surface area contributed by atoms with Gasteiger partial charge in [0.05, 0.1) is 5.69 Å². The molecule has 0 atom stereocenters. The minimum absolute atomic E-state index is 0.499. The molecule has 2 aromatic rings. The topological polar surface area (TPSA) is 30.3 Å². The Bertz CT molecular complexity index is 776. The van der Waals surface area contributed by atoms with E-state index in [-0.39, 0.29) is 0 Å². The van der Waals surface area contributed by atoms with E-state index in [0.29, 0.717) is 5.96 Å². The van der Waals surface area contributed by atoms with Gasteiger partial charge in [-0.3, -0.25) is 5.41 Å². The fourth-order valence-electron chi connectivity index (χ4n) is 3.26. The van der Waals surface area contributed by atoms with Crippen molar-refractivity contribution in [3.63, 3.8) is 0 Å². The lowest BCUT2D eigenvalue weighted by Gasteiger charge is -2.31. The van der Waals surface area contributed by atoms with E-state index in [9.17, 15) is 0 Å². The zero-order valence-electron chi connectivity index (χ0n) is 14.7. The van der Waals surface area contributed by atoms with Gasteiger partial charge < -0.3 is 9.80 Å². The second-order valence-corrected chi connectivity index (χ2v) is 6.11. The van der Waals surface area contributed by atoms with Gasteiger partial charge in [-0.05, 0) is 49.1 Å². The van der Waals surface area contributed by atoms with Crippen molar-refractivity contribution in [3.05, 3.63) is 65.2 Å². The van der Waals surface area contributed by atoms with E-state index in [1.165, 1.54) is 16.7 Å². The van der Waals surface area contributed by atoms with Crippen LogP contribution in [0.3, 0.4) is 0 Å². The van der Waals surface area contributed by atoms with Gasteiger partial charge in [-0.25, -0.2) is 0 Å². The summed E-state index contributed by atoms with van der Waals surface area (Å²) in [5.74, 6) is 0.499. The Hall–Kier alpha value is -2.55. The predicted octanol–water partition coefficient (Wildman–Crippen LogP) is 4.72. The van der Waals surface area contributed by atoms with Crippen LogP contribution in [0.2, 0.25) is 0 Å². The number of benzene rings is 2. The van der Waals surface area contributed by atoms with Gasteiger partial charge in [-0.15, -0.1) is 0 Å². The molecule has 0 radical (unpaired) electrons. The molecule has 3 nitrogen and oxygen atoms in total. The van der Waals surface area contributed by atoms with Gasteiger partial charge in [0, 0.05) is 24.8 Å². The maximum atomic E-state index is 8.74. The van der Waals surface area contributed by atoms with E-state index in [2.05, 4.69) is 73.4 Å². The third-order valence-electron chi connectivity index (χ3n) is 4.68. The van der Waals surface area contributed by atoms with Crippen LogP contribution in [0.5, 0.6) is 0 Å². The first-order chi connectivity index (χ1) is 11.7. The monoisotopic (exact) mass is 319 g/mol. The average Bonchev–Trinajstić information content (AvgIpc) is 3.10. The van der Waals surface area contributed by atoms with Crippen molar-refractivity contribution >= 4 is 23.4 Å². The lowest BCUT2D eigenvalue weighted by Crippen LogP contribution is -2.42. The van der Waals surface area contributed by atoms with Crippen molar-refractivity contribution in [1.29, 1.82) is 5.41 Å². The predicted molar refractivity (Wildman–Crippen MR) is 104 cm³/mol. The van der Waals surface area contributed by atoms with E-state index in [1.54, 1.807) is 0 Å². The molecule has 0 spiro atoms. The average molecular weight is 319 g/mol. The minimum Gasteiger partial charge on any atom is -0.315 e. The van der Waals surface area contributed by atoms with Crippen molar-refractivity contribution in [1.82, 2.24) is 0 Å². The minimum atomic E-state index is 0.499. The molecule has 0 saturated heterocycles. The van der Waals surface area contributed by atoms with Crippen LogP contribution in [0.1, 0.15) is 30.5 Å². The summed E-state index contributed by atoms with van der Waals surface area (Å²) >= 11 is 0. The third kappa shape index (κ3) is 2.94. The van der Waals surface area contributed by atoms with Gasteiger partial charge >= 0.3 is 0 Å². The van der Waals surface area contributed by atoms with Crippen molar-refractivity contribution in [2.24, 2.45) is 0 Å². The quantitative estimate of drug-likeness (QED) is 0.653. The molecule has 0 fully saturated rings. The van der Waals surface area contributed by atoms with Gasteiger partial charge in [0.25, 0.3) is 0 Å². The molecule has 1 N–H and O–H groups in total. The fourth-order valence-corrected chi connectivity index (χ4v) is 3.26. The summed E-state index contributed by atoms with van der Waals surface area (Å²) in [5.41, 5.74) is 6.05. The van der Waals surface area contributed by atoms with E-state index in [4.69, 9.17) is 5.41 Å². The summed E-state index contributed by atoms with van der Waals surface area (Å²) in [6.45, 7) is 5.02. The maximum Gasteiger partial charge on any atom is 0.202 e. The molecule has 24 heavy (non-hydrogen) atoms. The Balaban J connectivity index is 1.91. The van der Waals surface area contributed by atoms with Gasteiger partial charge in [0.1, 0.15) is 0 Å². The molecule has 0 aliphatic heterocycles. The van der Waals surface area contributed by atoms with Crippen LogP contribution in [0.15, 0.2) is 48.5 Å². The van der Waals surface area contributed by atoms with Crippen LogP contribution in [-0.2, 0) is 12.8 Å². The zero-order valence-corrected chi connectivity index (χ0v) is 14.7. The van der Waals surface area contributed by atoms with E-state index >= 15 is 0 Å². The van der Waals surface area contributed by atoms with Crippen LogP contribution in [0, 0.1) is 5.41 Å². The number of hydrogen-bond acceptors (Lipinski definition) is 1. The molecule has 0 bridgehead atoms. The van der Waals surface area contributed by atoms with Gasteiger partial charge in [0.15, 0.2) is 0 Å². The van der Waals surface area contributed by atoms with E-state index in [1.807, 2.05) is 11.9 Å². The lowest BCUT2D eigenvalue weighted by molar-refractivity contribution is 0.999. The number of nitrogens with zero attached hydrogens (tertiary/aromatic N) is 2. The summed E-state index contributed by atoms with van der Waals surface area (Å²) in [6, 6.07) is 14.8. The summed E-state index contributed by atoms with van der Waals surface area (Å²) in [5, 5.41) is 8.74. The van der Waals surface area contributed by atoms with Crippen molar-refractivity contribution in [2.75, 3.05) is 23.4 Å². The second-order valence-electron chi connectivity index (χ2n) is 6.11. The van der Waals surface area contributed by atoms with Crippen molar-refractivity contribution in [3.8, 4) is 0 Å². The summed E-state index contributed by atoms with van der Waals surface area (Å²) in [4.78, 5) is 4.04. The number of anilines is 2. The van der Waals surface area contributed by atoms with Crippen LogP contribution in [0.4, 0.5) is 11.4 Å². The molecule has 124 valence electrons. The highest BCUT2D eigenvalue weighted by molar-refractivity contribution is 6.06. The molecule has 1 aliphatic rings. The first-order valence-corrected chi connectivity index (χ1v) is 8.62. The van der Waals surface area contributed by atoms with Crippen molar-refractivity contribution in [2.45, 2.75) is 26.7 Å². The van der Waals surface area contributed by atoms with Crippen LogP contribution in [-0.4, -0.2) is 19.6 Å². The molecule has 0 saturated carbocycles. The van der Waals surface area contributed by atoms with Crippen LogP contribution < -0.4 is 9.80 Å². The van der Waals surface area contributed by atoms with E-state index < -0.39 is 0 Å². The number of allylic oxidation sites excluding steroid dienone is 1. The highest BCUT2D eigenvalue weighted by Gasteiger charge is 2.19. The highest BCUT2D eigenvalue weighted by atomic mass is 15.3. The van der Waals surface area contributed by atoms with Gasteiger partial charge in [0.2, 0.25) is 5.96 Å². The zero-order chi connectivity index (χ0) is 17.1. The molecular formula is C21H25N3. The molecular weight excluding hydrogens is 294 g/mol. The second kappa shape index (κ2) is 6.91. The Morgan fingerprint density at radius 2 is 1.92 bits per heavy atom. The highest BCUT2D eigenvalue weighted by Crippen LogP contribution is 2.30. The number of rotatable bonds is 4. The molecule has 1 aliphatic carbocycles. The number of hydrogen-bond donors (Lipinski definition) is 1. The Kier molecular flexibility index (Phi) is 4.70. The first-order valence-electron chi connectivity index (χ1n) is 8.62. The normalized spacial score (nSPS) is 12.1. The summed E-state index contributed by atoms with van der Waals surface area (Å²) in [6.07, 6.45) is 6.35. The third-order valence-corrected chi connectivity index (χ3v) is 4.68. The fraction of sp³-hybridized carbons (Fsp3) is 0.286. The van der Waals surface area contributed by atoms with Crippen molar-refractivity contribution < 1.29 is 0 Å². The molecule has 2 aromatic carbocycles. The number of nitrogens with one attached hydrogen (secondary N) is 1. The lowest BCUT2D eigenvalue weighted by atomic mass is 10.1.